The maximum Gasteiger partial charge on any atom is 0.339 e. The lowest BCUT2D eigenvalue weighted by molar-refractivity contribution is 0.0596. The fraction of sp³-hybridized carbons (Fsp3) is 0.259. The normalized spacial score (nSPS) is 16.3. The maximum atomic E-state index is 13.5. The van der Waals surface area contributed by atoms with E-state index in [-0.39, 0.29) is 10.5 Å². The summed E-state index contributed by atoms with van der Waals surface area (Å²) < 4.78 is 33.2. The predicted octanol–water partition coefficient (Wildman–Crippen LogP) is 4.91. The molecule has 1 aromatic heterocycles. The molecule has 8 heteroatoms. The smallest absolute Gasteiger partial charge is 0.339 e. The number of aromatic nitrogens is 1. The molecule has 2 heterocycles. The van der Waals surface area contributed by atoms with Crippen LogP contribution in [0.15, 0.2) is 71.3 Å². The van der Waals surface area contributed by atoms with Crippen LogP contribution in [-0.2, 0) is 27.6 Å². The number of pyridine rings is 1. The summed E-state index contributed by atoms with van der Waals surface area (Å²) >= 11 is 6.31. The molecule has 2 aliphatic rings. The molecular formula is C27H25ClN2O4S. The molecule has 0 amide bonds. The number of rotatable bonds is 3. The van der Waals surface area contributed by atoms with Crippen molar-refractivity contribution in [2.45, 2.75) is 30.6 Å². The zero-order chi connectivity index (χ0) is 24.6. The highest BCUT2D eigenvalue weighted by Gasteiger charge is 2.33. The minimum atomic E-state index is -3.86. The van der Waals surface area contributed by atoms with Gasteiger partial charge >= 0.3 is 5.97 Å². The van der Waals surface area contributed by atoms with Crippen LogP contribution in [0.1, 0.15) is 45.6 Å². The Hall–Kier alpha value is -3.00. The number of ether oxygens (including phenoxy) is 1. The van der Waals surface area contributed by atoms with Gasteiger partial charge in [-0.05, 0) is 72.7 Å². The molecule has 0 spiro atoms. The number of fused-ring (bicyclic) bond motifs is 2. The predicted molar refractivity (Wildman–Crippen MR) is 135 cm³/mol. The van der Waals surface area contributed by atoms with Gasteiger partial charge in [-0.25, -0.2) is 13.2 Å². The fourth-order valence-electron chi connectivity index (χ4n) is 4.99. The lowest BCUT2D eigenvalue weighted by Gasteiger charge is -2.30. The standard InChI is InChI=1S/C27H25ClN2O4S/c1-34-27(31)23-6-2-3-7-24(23)35(32,33)30-15-12-18(13-16-30)25-22-11-10-21(28)17-20(22)9-8-19-5-4-14-29-26(19)25/h2-7,10-11,14,17H,8-9,12-13,15-16H2,1H3. The van der Waals surface area contributed by atoms with Gasteiger partial charge in [0.1, 0.15) is 0 Å². The Labute approximate surface area is 210 Å². The lowest BCUT2D eigenvalue weighted by atomic mass is 9.89. The molecule has 0 radical (unpaired) electrons. The number of halogens is 1. The summed E-state index contributed by atoms with van der Waals surface area (Å²) in [5.74, 6) is -0.666. The van der Waals surface area contributed by atoms with Crippen LogP contribution in [0, 0.1) is 0 Å². The summed E-state index contributed by atoms with van der Waals surface area (Å²) in [5, 5.41) is 0.706. The molecule has 0 N–H and O–H groups in total. The molecule has 0 unspecified atom stereocenters. The van der Waals surface area contributed by atoms with Crippen molar-refractivity contribution in [1.29, 1.82) is 0 Å². The molecule has 0 atom stereocenters. The number of aryl methyl sites for hydroxylation is 2. The van der Waals surface area contributed by atoms with E-state index in [2.05, 4.69) is 12.1 Å². The summed E-state index contributed by atoms with van der Waals surface area (Å²) in [6.45, 7) is 0.642. The molecule has 180 valence electrons. The summed E-state index contributed by atoms with van der Waals surface area (Å²) in [6.07, 6.45) is 4.71. The average Bonchev–Trinajstić information content (AvgIpc) is 3.05. The molecule has 3 aromatic rings. The first-order valence-corrected chi connectivity index (χ1v) is 13.3. The average molecular weight is 509 g/mol. The van der Waals surface area contributed by atoms with Gasteiger partial charge in [-0.3, -0.25) is 4.98 Å². The van der Waals surface area contributed by atoms with Crippen molar-refractivity contribution >= 4 is 33.2 Å². The third-order valence-electron chi connectivity index (χ3n) is 6.72. The van der Waals surface area contributed by atoms with Gasteiger partial charge in [-0.15, -0.1) is 0 Å². The van der Waals surface area contributed by atoms with Crippen molar-refractivity contribution in [2.24, 2.45) is 0 Å². The van der Waals surface area contributed by atoms with E-state index in [1.165, 1.54) is 40.2 Å². The van der Waals surface area contributed by atoms with E-state index in [9.17, 15) is 13.2 Å². The largest absolute Gasteiger partial charge is 0.465 e. The zero-order valence-electron chi connectivity index (χ0n) is 19.3. The van der Waals surface area contributed by atoms with Gasteiger partial charge in [-0.2, -0.15) is 4.31 Å². The summed E-state index contributed by atoms with van der Waals surface area (Å²) in [6, 6.07) is 16.2. The number of carbonyl (C=O) groups excluding carboxylic acids is 1. The number of methoxy groups -OCH3 is 1. The Kier molecular flexibility index (Phi) is 6.49. The quantitative estimate of drug-likeness (QED) is 0.470. The zero-order valence-corrected chi connectivity index (χ0v) is 20.9. The highest BCUT2D eigenvalue weighted by molar-refractivity contribution is 7.89. The van der Waals surface area contributed by atoms with Gasteiger partial charge in [0, 0.05) is 29.9 Å². The van der Waals surface area contributed by atoms with E-state index in [1.54, 1.807) is 12.1 Å². The maximum absolute atomic E-state index is 13.5. The Bertz CT molecular complexity index is 1440. The second-order valence-corrected chi connectivity index (χ2v) is 11.0. The number of benzene rings is 2. The second kappa shape index (κ2) is 9.57. The third-order valence-corrected chi connectivity index (χ3v) is 8.91. The second-order valence-electron chi connectivity index (χ2n) is 8.68. The number of hydrogen-bond acceptors (Lipinski definition) is 5. The van der Waals surface area contributed by atoms with Gasteiger partial charge in [-0.1, -0.05) is 41.4 Å². The van der Waals surface area contributed by atoms with Crippen molar-refractivity contribution in [3.63, 3.8) is 0 Å². The van der Waals surface area contributed by atoms with Crippen LogP contribution < -0.4 is 0 Å². The SMILES string of the molecule is COC(=O)c1ccccc1S(=O)(=O)N1CCC(=C2c3ccc(Cl)cc3CCc3cccnc32)CC1. The summed E-state index contributed by atoms with van der Waals surface area (Å²) in [5.41, 5.74) is 6.78. The minimum absolute atomic E-state index is 0.0237. The summed E-state index contributed by atoms with van der Waals surface area (Å²) in [7, 11) is -2.61. The van der Waals surface area contributed by atoms with Crippen LogP contribution in [0.3, 0.4) is 0 Å². The van der Waals surface area contributed by atoms with Gasteiger partial charge in [0.25, 0.3) is 0 Å². The molecular weight excluding hydrogens is 484 g/mol. The minimum Gasteiger partial charge on any atom is -0.465 e. The molecule has 35 heavy (non-hydrogen) atoms. The van der Waals surface area contributed by atoms with Crippen LogP contribution in [0.25, 0.3) is 5.57 Å². The van der Waals surface area contributed by atoms with Gasteiger partial charge in [0.05, 0.1) is 23.3 Å². The van der Waals surface area contributed by atoms with E-state index in [1.807, 2.05) is 24.4 Å². The van der Waals surface area contributed by atoms with E-state index >= 15 is 0 Å². The van der Waals surface area contributed by atoms with E-state index < -0.39 is 16.0 Å². The molecule has 1 aliphatic carbocycles. The first-order chi connectivity index (χ1) is 16.9. The molecule has 1 fully saturated rings. The van der Waals surface area contributed by atoms with Crippen LogP contribution >= 0.6 is 11.6 Å². The summed E-state index contributed by atoms with van der Waals surface area (Å²) in [4.78, 5) is 16.9. The topological polar surface area (TPSA) is 76.6 Å². The third kappa shape index (κ3) is 4.40. The number of carbonyl (C=O) groups is 1. The van der Waals surface area contributed by atoms with E-state index in [0.29, 0.717) is 31.0 Å². The molecule has 5 rings (SSSR count). The monoisotopic (exact) mass is 508 g/mol. The molecule has 1 saturated heterocycles. The molecule has 1 aliphatic heterocycles. The van der Waals surface area contributed by atoms with Crippen molar-refractivity contribution in [3.05, 3.63) is 99.3 Å². The van der Waals surface area contributed by atoms with Gasteiger partial charge < -0.3 is 4.74 Å². The van der Waals surface area contributed by atoms with Crippen LogP contribution in [-0.4, -0.2) is 43.9 Å². The van der Waals surface area contributed by atoms with Crippen LogP contribution in [0.2, 0.25) is 5.02 Å². The number of nitrogens with zero attached hydrogens (tertiary/aromatic N) is 2. The molecule has 2 aromatic carbocycles. The van der Waals surface area contributed by atoms with Crippen LogP contribution in [0.4, 0.5) is 0 Å². The number of hydrogen-bond donors (Lipinski definition) is 0. The van der Waals surface area contributed by atoms with E-state index in [0.717, 1.165) is 29.7 Å². The Morgan fingerprint density at radius 1 is 0.971 bits per heavy atom. The van der Waals surface area contributed by atoms with Crippen molar-refractivity contribution in [1.82, 2.24) is 9.29 Å². The number of piperidine rings is 1. The highest BCUT2D eigenvalue weighted by atomic mass is 35.5. The first-order valence-electron chi connectivity index (χ1n) is 11.5. The fourth-order valence-corrected chi connectivity index (χ4v) is 6.80. The lowest BCUT2D eigenvalue weighted by Crippen LogP contribution is -2.37. The van der Waals surface area contributed by atoms with E-state index in [4.69, 9.17) is 21.3 Å². The van der Waals surface area contributed by atoms with Crippen LogP contribution in [0.5, 0.6) is 0 Å². The molecule has 0 bridgehead atoms. The highest BCUT2D eigenvalue weighted by Crippen LogP contribution is 2.39. The molecule has 0 saturated carbocycles. The Morgan fingerprint density at radius 2 is 1.71 bits per heavy atom. The first kappa shape index (κ1) is 23.7. The number of esters is 1. The van der Waals surface area contributed by atoms with Crippen molar-refractivity contribution in [3.8, 4) is 0 Å². The van der Waals surface area contributed by atoms with Gasteiger partial charge in [0.2, 0.25) is 10.0 Å². The van der Waals surface area contributed by atoms with Crippen molar-refractivity contribution < 1.29 is 17.9 Å². The Morgan fingerprint density at radius 3 is 2.49 bits per heavy atom. The van der Waals surface area contributed by atoms with Crippen molar-refractivity contribution in [2.75, 3.05) is 20.2 Å². The van der Waals surface area contributed by atoms with Gasteiger partial charge in [0.15, 0.2) is 0 Å². The molecule has 6 nitrogen and oxygen atoms in total. The Balaban J connectivity index is 1.52. The number of sulfonamides is 1.